The molecule has 0 unspecified atom stereocenters. The third-order valence-electron chi connectivity index (χ3n) is 2.16. The summed E-state index contributed by atoms with van der Waals surface area (Å²) < 4.78 is 5.28. The van der Waals surface area contributed by atoms with Gasteiger partial charge in [-0.2, -0.15) is 0 Å². The highest BCUT2D eigenvalue weighted by Gasteiger charge is 1.99. The Labute approximate surface area is 105 Å². The number of nitrogens with zero attached hydrogens (tertiary/aromatic N) is 2. The van der Waals surface area contributed by atoms with Crippen LogP contribution in [0.5, 0.6) is 5.88 Å². The summed E-state index contributed by atoms with van der Waals surface area (Å²) in [5.74, 6) is 0.659. The van der Waals surface area contributed by atoms with Gasteiger partial charge in [-0.1, -0.05) is 0 Å². The highest BCUT2D eigenvalue weighted by Crippen LogP contribution is 2.15. The number of hydrogen-bond acceptors (Lipinski definition) is 5. The summed E-state index contributed by atoms with van der Waals surface area (Å²) in [6, 6.07) is 3.83. The molecule has 0 amide bonds. The Morgan fingerprint density at radius 3 is 2.76 bits per heavy atom. The highest BCUT2D eigenvalue weighted by atomic mass is 32.1. The molecule has 5 heteroatoms. The van der Waals surface area contributed by atoms with Gasteiger partial charge >= 0.3 is 0 Å². The van der Waals surface area contributed by atoms with Crippen LogP contribution in [0.25, 0.3) is 0 Å². The number of thiazole rings is 1. The average Bonchev–Trinajstić information content (AvgIpc) is 2.75. The van der Waals surface area contributed by atoms with Crippen molar-refractivity contribution in [2.75, 3.05) is 11.9 Å². The van der Waals surface area contributed by atoms with Crippen molar-refractivity contribution in [1.82, 2.24) is 9.97 Å². The van der Waals surface area contributed by atoms with E-state index in [4.69, 9.17) is 4.74 Å². The summed E-state index contributed by atoms with van der Waals surface area (Å²) in [7, 11) is 0. The van der Waals surface area contributed by atoms with E-state index in [1.807, 2.05) is 32.2 Å². The van der Waals surface area contributed by atoms with Gasteiger partial charge in [0.15, 0.2) is 0 Å². The van der Waals surface area contributed by atoms with Gasteiger partial charge in [-0.25, -0.2) is 9.97 Å². The lowest BCUT2D eigenvalue weighted by atomic mass is 10.4. The predicted molar refractivity (Wildman–Crippen MR) is 69.6 cm³/mol. The molecule has 0 aliphatic carbocycles. The van der Waals surface area contributed by atoms with Gasteiger partial charge in [0.05, 0.1) is 30.0 Å². The lowest BCUT2D eigenvalue weighted by Crippen LogP contribution is -1.99. The number of pyridine rings is 1. The number of anilines is 1. The standard InChI is InChI=1S/C12H15N3OS/c1-3-16-12-5-4-10(6-15-12)14-8-11-7-13-9(2)17-11/h4-7,14H,3,8H2,1-2H3. The lowest BCUT2D eigenvalue weighted by Gasteiger charge is -2.05. The summed E-state index contributed by atoms with van der Waals surface area (Å²) in [4.78, 5) is 9.62. The van der Waals surface area contributed by atoms with Crippen LogP contribution < -0.4 is 10.1 Å². The average molecular weight is 249 g/mol. The molecular weight excluding hydrogens is 234 g/mol. The van der Waals surface area contributed by atoms with Crippen LogP contribution in [0.1, 0.15) is 16.8 Å². The van der Waals surface area contributed by atoms with Crippen molar-refractivity contribution in [1.29, 1.82) is 0 Å². The first-order valence-electron chi connectivity index (χ1n) is 5.52. The van der Waals surface area contributed by atoms with E-state index in [1.165, 1.54) is 4.88 Å². The van der Waals surface area contributed by atoms with Crippen LogP contribution in [0.4, 0.5) is 5.69 Å². The van der Waals surface area contributed by atoms with Crippen molar-refractivity contribution in [2.24, 2.45) is 0 Å². The molecule has 1 N–H and O–H groups in total. The Hall–Kier alpha value is -1.62. The number of aryl methyl sites for hydroxylation is 1. The smallest absolute Gasteiger partial charge is 0.213 e. The summed E-state index contributed by atoms with van der Waals surface area (Å²) in [6.45, 7) is 5.37. The minimum Gasteiger partial charge on any atom is -0.478 e. The first-order chi connectivity index (χ1) is 8.28. The molecular formula is C12H15N3OS. The summed E-state index contributed by atoms with van der Waals surface area (Å²) in [5.41, 5.74) is 0.986. The van der Waals surface area contributed by atoms with Crippen LogP contribution in [0.2, 0.25) is 0 Å². The van der Waals surface area contributed by atoms with Gasteiger partial charge in [0, 0.05) is 17.1 Å². The van der Waals surface area contributed by atoms with Crippen molar-refractivity contribution >= 4 is 17.0 Å². The van der Waals surface area contributed by atoms with Crippen LogP contribution in [0.15, 0.2) is 24.5 Å². The fourth-order valence-corrected chi connectivity index (χ4v) is 2.13. The molecule has 4 nitrogen and oxygen atoms in total. The molecule has 0 fully saturated rings. The normalized spacial score (nSPS) is 10.2. The first-order valence-corrected chi connectivity index (χ1v) is 6.33. The number of nitrogens with one attached hydrogen (secondary N) is 1. The Balaban J connectivity index is 1.90. The number of aromatic nitrogens is 2. The molecule has 17 heavy (non-hydrogen) atoms. The van der Waals surface area contributed by atoms with Crippen molar-refractivity contribution in [3.63, 3.8) is 0 Å². The maximum absolute atomic E-state index is 5.28. The van der Waals surface area contributed by atoms with Gasteiger partial charge in [-0.15, -0.1) is 11.3 Å². The highest BCUT2D eigenvalue weighted by molar-refractivity contribution is 7.11. The van der Waals surface area contributed by atoms with E-state index in [0.29, 0.717) is 12.5 Å². The molecule has 0 spiro atoms. The molecule has 2 aromatic heterocycles. The molecule has 90 valence electrons. The summed E-state index contributed by atoms with van der Waals surface area (Å²) >= 11 is 1.70. The molecule has 0 aromatic carbocycles. The van der Waals surface area contributed by atoms with E-state index in [-0.39, 0.29) is 0 Å². The molecule has 2 heterocycles. The second-order valence-corrected chi connectivity index (χ2v) is 4.84. The monoisotopic (exact) mass is 249 g/mol. The van der Waals surface area contributed by atoms with Crippen LogP contribution in [-0.2, 0) is 6.54 Å². The molecule has 0 atom stereocenters. The largest absolute Gasteiger partial charge is 0.478 e. The zero-order chi connectivity index (χ0) is 12.1. The maximum atomic E-state index is 5.28. The summed E-state index contributed by atoms with van der Waals surface area (Å²) in [6.07, 6.45) is 3.67. The molecule has 0 saturated heterocycles. The van der Waals surface area contributed by atoms with Crippen LogP contribution >= 0.6 is 11.3 Å². The number of ether oxygens (including phenoxy) is 1. The molecule has 0 aliphatic rings. The van der Waals surface area contributed by atoms with Crippen molar-refractivity contribution in [2.45, 2.75) is 20.4 Å². The van der Waals surface area contributed by atoms with Crippen molar-refractivity contribution in [3.05, 3.63) is 34.4 Å². The van der Waals surface area contributed by atoms with E-state index in [9.17, 15) is 0 Å². The van der Waals surface area contributed by atoms with Gasteiger partial charge in [0.25, 0.3) is 0 Å². The molecule has 2 rings (SSSR count). The molecule has 0 aliphatic heterocycles. The topological polar surface area (TPSA) is 47.0 Å². The van der Waals surface area contributed by atoms with Gasteiger partial charge in [-0.3, -0.25) is 0 Å². The van der Waals surface area contributed by atoms with Gasteiger partial charge in [0.2, 0.25) is 5.88 Å². The lowest BCUT2D eigenvalue weighted by molar-refractivity contribution is 0.327. The van der Waals surface area contributed by atoms with Crippen LogP contribution in [-0.4, -0.2) is 16.6 Å². The molecule has 0 bridgehead atoms. The Morgan fingerprint density at radius 2 is 2.18 bits per heavy atom. The van der Waals surface area contributed by atoms with Gasteiger partial charge in [0.1, 0.15) is 0 Å². The quantitative estimate of drug-likeness (QED) is 0.885. The van der Waals surface area contributed by atoms with E-state index in [1.54, 1.807) is 17.5 Å². The number of hydrogen-bond donors (Lipinski definition) is 1. The van der Waals surface area contributed by atoms with Gasteiger partial charge < -0.3 is 10.1 Å². The molecule has 0 saturated carbocycles. The predicted octanol–water partition coefficient (Wildman–Crippen LogP) is 2.86. The minimum atomic E-state index is 0.639. The van der Waals surface area contributed by atoms with E-state index >= 15 is 0 Å². The van der Waals surface area contributed by atoms with Crippen molar-refractivity contribution < 1.29 is 4.74 Å². The Morgan fingerprint density at radius 1 is 1.29 bits per heavy atom. The fourth-order valence-electron chi connectivity index (χ4n) is 1.39. The Bertz CT molecular complexity index is 467. The second-order valence-electron chi connectivity index (χ2n) is 3.52. The van der Waals surface area contributed by atoms with Crippen LogP contribution in [0.3, 0.4) is 0 Å². The first kappa shape index (κ1) is 11.9. The molecule has 0 radical (unpaired) electrons. The Kier molecular flexibility index (Phi) is 3.93. The minimum absolute atomic E-state index is 0.639. The van der Waals surface area contributed by atoms with E-state index in [0.717, 1.165) is 17.2 Å². The third kappa shape index (κ3) is 3.42. The molecule has 2 aromatic rings. The van der Waals surface area contributed by atoms with Crippen molar-refractivity contribution in [3.8, 4) is 5.88 Å². The zero-order valence-corrected chi connectivity index (χ0v) is 10.8. The second kappa shape index (κ2) is 5.63. The van der Waals surface area contributed by atoms with E-state index < -0.39 is 0 Å². The SMILES string of the molecule is CCOc1ccc(NCc2cnc(C)s2)cn1. The maximum Gasteiger partial charge on any atom is 0.213 e. The fraction of sp³-hybridized carbons (Fsp3) is 0.333. The third-order valence-corrected chi connectivity index (χ3v) is 3.08. The summed E-state index contributed by atoms with van der Waals surface area (Å²) in [5, 5.41) is 4.39. The number of rotatable bonds is 5. The van der Waals surface area contributed by atoms with E-state index in [2.05, 4.69) is 15.3 Å². The van der Waals surface area contributed by atoms with Crippen LogP contribution in [0, 0.1) is 6.92 Å². The zero-order valence-electron chi connectivity index (χ0n) is 9.93. The van der Waals surface area contributed by atoms with Gasteiger partial charge in [-0.05, 0) is 19.9 Å².